The van der Waals surface area contributed by atoms with Gasteiger partial charge in [0.15, 0.2) is 11.5 Å². The van der Waals surface area contributed by atoms with Crippen LogP contribution in [0.5, 0.6) is 11.5 Å². The summed E-state index contributed by atoms with van der Waals surface area (Å²) in [6, 6.07) is 8.57. The fraction of sp³-hybridized carbons (Fsp3) is 0.571. The van der Waals surface area contributed by atoms with E-state index in [-0.39, 0.29) is 6.10 Å². The van der Waals surface area contributed by atoms with E-state index in [1.807, 2.05) is 24.3 Å². The molecule has 2 N–H and O–H groups in total. The van der Waals surface area contributed by atoms with Crippen LogP contribution in [0.2, 0.25) is 0 Å². The van der Waals surface area contributed by atoms with E-state index in [1.54, 1.807) is 0 Å². The Bertz CT molecular complexity index is 407. The van der Waals surface area contributed by atoms with Crippen LogP contribution in [-0.2, 0) is 0 Å². The molecule has 0 amide bonds. The van der Waals surface area contributed by atoms with Gasteiger partial charge in [0, 0.05) is 25.7 Å². The average Bonchev–Trinajstić information content (AvgIpc) is 3.22. The second-order valence-electron chi connectivity index (χ2n) is 5.01. The van der Waals surface area contributed by atoms with E-state index in [9.17, 15) is 0 Å². The second-order valence-corrected chi connectivity index (χ2v) is 5.01. The molecule has 4 nitrogen and oxygen atoms in total. The molecule has 0 radical (unpaired) electrons. The van der Waals surface area contributed by atoms with Crippen LogP contribution in [0.25, 0.3) is 0 Å². The molecule has 1 atom stereocenters. The molecule has 98 valence electrons. The third-order valence-electron chi connectivity index (χ3n) is 3.49. The Morgan fingerprint density at radius 3 is 2.72 bits per heavy atom. The summed E-state index contributed by atoms with van der Waals surface area (Å²) in [6.07, 6.45) is 2.71. The lowest BCUT2D eigenvalue weighted by Crippen LogP contribution is -2.43. The van der Waals surface area contributed by atoms with Crippen molar-refractivity contribution in [1.29, 1.82) is 0 Å². The normalized spacial score (nSPS) is 22.2. The first-order chi connectivity index (χ1) is 8.86. The molecule has 2 aliphatic rings. The number of hydrogen-bond donors (Lipinski definition) is 1. The van der Waals surface area contributed by atoms with Gasteiger partial charge in [0.05, 0.1) is 0 Å². The number of rotatable bonds is 5. The number of hydrogen-bond acceptors (Lipinski definition) is 4. The lowest BCUT2D eigenvalue weighted by Gasteiger charge is -2.31. The van der Waals surface area contributed by atoms with Crippen LogP contribution >= 0.6 is 0 Å². The predicted octanol–water partition coefficient (Wildman–Crippen LogP) is 1.25. The van der Waals surface area contributed by atoms with Crippen LogP contribution in [-0.4, -0.2) is 43.3 Å². The molecule has 0 aromatic heterocycles. The van der Waals surface area contributed by atoms with Crippen molar-refractivity contribution < 1.29 is 9.47 Å². The summed E-state index contributed by atoms with van der Waals surface area (Å²) in [5.41, 5.74) is 5.66. The van der Waals surface area contributed by atoms with Crippen molar-refractivity contribution >= 4 is 0 Å². The molecule has 0 saturated heterocycles. The first kappa shape index (κ1) is 11.8. The van der Waals surface area contributed by atoms with E-state index in [1.165, 1.54) is 12.8 Å². The van der Waals surface area contributed by atoms with Crippen LogP contribution in [0.3, 0.4) is 0 Å². The van der Waals surface area contributed by atoms with Gasteiger partial charge in [0.1, 0.15) is 12.7 Å². The van der Waals surface area contributed by atoms with Crippen LogP contribution in [0, 0.1) is 0 Å². The summed E-state index contributed by atoms with van der Waals surface area (Å²) in [7, 11) is 0. The predicted molar refractivity (Wildman–Crippen MR) is 70.0 cm³/mol. The van der Waals surface area contributed by atoms with Gasteiger partial charge in [-0.1, -0.05) is 12.1 Å². The topological polar surface area (TPSA) is 47.7 Å². The van der Waals surface area contributed by atoms with E-state index < -0.39 is 0 Å². The monoisotopic (exact) mass is 248 g/mol. The van der Waals surface area contributed by atoms with Crippen molar-refractivity contribution in [2.75, 3.05) is 26.2 Å². The third-order valence-corrected chi connectivity index (χ3v) is 3.49. The van der Waals surface area contributed by atoms with Gasteiger partial charge in [-0.3, -0.25) is 4.90 Å². The van der Waals surface area contributed by atoms with E-state index >= 15 is 0 Å². The zero-order valence-electron chi connectivity index (χ0n) is 10.5. The van der Waals surface area contributed by atoms with Gasteiger partial charge in [-0.25, -0.2) is 0 Å². The first-order valence-electron chi connectivity index (χ1n) is 6.69. The first-order valence-corrected chi connectivity index (χ1v) is 6.69. The lowest BCUT2D eigenvalue weighted by molar-refractivity contribution is 0.0572. The zero-order chi connectivity index (χ0) is 12.4. The highest BCUT2D eigenvalue weighted by Crippen LogP contribution is 2.32. The smallest absolute Gasteiger partial charge is 0.161 e. The highest BCUT2D eigenvalue weighted by atomic mass is 16.6. The Hall–Kier alpha value is -1.26. The summed E-state index contributed by atoms with van der Waals surface area (Å²) in [4.78, 5) is 2.43. The molecule has 0 unspecified atom stereocenters. The maximum Gasteiger partial charge on any atom is 0.161 e. The summed E-state index contributed by atoms with van der Waals surface area (Å²) in [6.45, 7) is 3.20. The Kier molecular flexibility index (Phi) is 3.39. The van der Waals surface area contributed by atoms with Crippen molar-refractivity contribution in [2.24, 2.45) is 5.73 Å². The maximum atomic E-state index is 5.98. The lowest BCUT2D eigenvalue weighted by atomic mass is 10.2. The molecule has 1 fully saturated rings. The van der Waals surface area contributed by atoms with E-state index in [0.29, 0.717) is 19.2 Å². The van der Waals surface area contributed by atoms with E-state index in [2.05, 4.69) is 4.90 Å². The van der Waals surface area contributed by atoms with Crippen molar-refractivity contribution in [3.63, 3.8) is 0 Å². The second kappa shape index (κ2) is 5.16. The summed E-state index contributed by atoms with van der Waals surface area (Å²) < 4.78 is 11.7. The van der Waals surface area contributed by atoms with Gasteiger partial charge in [-0.05, 0) is 25.0 Å². The van der Waals surface area contributed by atoms with Gasteiger partial charge >= 0.3 is 0 Å². The fourth-order valence-corrected chi connectivity index (χ4v) is 2.44. The molecular weight excluding hydrogens is 228 g/mol. The minimum Gasteiger partial charge on any atom is -0.486 e. The SMILES string of the molecule is NCCN(C[C@@H]1COc2ccccc2O1)C1CC1. The number of benzene rings is 1. The van der Waals surface area contributed by atoms with Crippen molar-refractivity contribution in [3.05, 3.63) is 24.3 Å². The number of nitrogens with zero attached hydrogens (tertiary/aromatic N) is 1. The quantitative estimate of drug-likeness (QED) is 0.852. The standard InChI is InChI=1S/C14H20N2O2/c15-7-8-16(11-5-6-11)9-12-10-17-13-3-1-2-4-14(13)18-12/h1-4,11-12H,5-10,15H2/t12-/m1/s1. The molecule has 0 bridgehead atoms. The van der Waals surface area contributed by atoms with Crippen LogP contribution in [0.15, 0.2) is 24.3 Å². The molecule has 1 heterocycles. The van der Waals surface area contributed by atoms with E-state index in [4.69, 9.17) is 15.2 Å². The Labute approximate surface area is 108 Å². The summed E-state index contributed by atoms with van der Waals surface area (Å²) in [5, 5.41) is 0. The molecular formula is C14H20N2O2. The Morgan fingerprint density at radius 2 is 2.00 bits per heavy atom. The number of ether oxygens (including phenoxy) is 2. The van der Waals surface area contributed by atoms with Gasteiger partial charge in [0.2, 0.25) is 0 Å². The molecule has 18 heavy (non-hydrogen) atoms. The zero-order valence-corrected chi connectivity index (χ0v) is 10.5. The highest BCUT2D eigenvalue weighted by molar-refractivity contribution is 5.40. The Morgan fingerprint density at radius 1 is 1.22 bits per heavy atom. The maximum absolute atomic E-state index is 5.98. The van der Waals surface area contributed by atoms with Gasteiger partial charge in [-0.15, -0.1) is 0 Å². The van der Waals surface area contributed by atoms with Gasteiger partial charge in [0.25, 0.3) is 0 Å². The minimum absolute atomic E-state index is 0.118. The minimum atomic E-state index is 0.118. The average molecular weight is 248 g/mol. The van der Waals surface area contributed by atoms with Crippen molar-refractivity contribution in [2.45, 2.75) is 25.0 Å². The summed E-state index contributed by atoms with van der Waals surface area (Å²) in [5.74, 6) is 1.71. The molecule has 1 aliphatic heterocycles. The van der Waals surface area contributed by atoms with Crippen LogP contribution in [0.1, 0.15) is 12.8 Å². The third kappa shape index (κ3) is 2.60. The summed E-state index contributed by atoms with van der Waals surface area (Å²) >= 11 is 0. The van der Waals surface area contributed by atoms with E-state index in [0.717, 1.165) is 24.6 Å². The van der Waals surface area contributed by atoms with Crippen molar-refractivity contribution in [3.8, 4) is 11.5 Å². The number of nitrogens with two attached hydrogens (primary N) is 1. The molecule has 0 spiro atoms. The molecule has 4 heteroatoms. The van der Waals surface area contributed by atoms with Gasteiger partial charge in [-0.2, -0.15) is 0 Å². The molecule has 1 saturated carbocycles. The molecule has 1 aromatic rings. The van der Waals surface area contributed by atoms with Crippen LogP contribution < -0.4 is 15.2 Å². The Balaban J connectivity index is 1.61. The molecule has 3 rings (SSSR count). The largest absolute Gasteiger partial charge is 0.486 e. The van der Waals surface area contributed by atoms with Crippen LogP contribution in [0.4, 0.5) is 0 Å². The number of fused-ring (bicyclic) bond motifs is 1. The fourth-order valence-electron chi connectivity index (χ4n) is 2.44. The molecule has 1 aliphatic carbocycles. The van der Waals surface area contributed by atoms with Crippen molar-refractivity contribution in [1.82, 2.24) is 4.90 Å². The number of para-hydroxylation sites is 2. The highest BCUT2D eigenvalue weighted by Gasteiger charge is 2.32. The molecule has 1 aromatic carbocycles. The van der Waals surface area contributed by atoms with Gasteiger partial charge < -0.3 is 15.2 Å².